The molecule has 2 aliphatic carbocycles. The van der Waals surface area contributed by atoms with Crippen LogP contribution in [0.25, 0.3) is 0 Å². The highest BCUT2D eigenvalue weighted by Crippen LogP contribution is 2.42. The molecule has 2 amide bonds. The second kappa shape index (κ2) is 67.8. The Bertz CT molecular complexity index is 2110. The van der Waals surface area contributed by atoms with Crippen LogP contribution < -0.4 is 20.1 Å². The molecule has 0 spiro atoms. The summed E-state index contributed by atoms with van der Waals surface area (Å²) in [5.74, 6) is 1.52. The van der Waals surface area contributed by atoms with Crippen LogP contribution in [0.15, 0.2) is 36.4 Å². The van der Waals surface area contributed by atoms with Crippen molar-refractivity contribution in [3.05, 3.63) is 58.7 Å². The number of rotatable bonds is 74. The number of benzene rings is 2. The first-order valence-corrected chi connectivity index (χ1v) is 48.1. The SMILES string of the molecule is CCCCCCCCCCCCCCCCCCc1cccc(OC(=O)NC2(CC3(NC(=O)Oc4cccc(CCCCCCCCCCCCCCCCCC)c4CCCCCCCCCCCCCCCCCC)CCCCC3)CCCCC2)c1CCCCCCCCCCCCCCCCCC. The first-order valence-electron chi connectivity index (χ1n) is 48.1. The molecule has 0 radical (unpaired) electrons. The molecule has 2 aromatic carbocycles. The van der Waals surface area contributed by atoms with E-state index in [2.05, 4.69) is 74.7 Å². The van der Waals surface area contributed by atoms with Crippen LogP contribution >= 0.6 is 0 Å². The molecule has 2 fully saturated rings. The third-order valence-electron chi connectivity index (χ3n) is 25.1. The summed E-state index contributed by atoms with van der Waals surface area (Å²) >= 11 is 0. The molecule has 0 atom stereocenters. The number of carbonyl (C=O) groups is 2. The number of nitrogens with one attached hydrogen (secondary N) is 2. The molecule has 4 rings (SSSR count). The smallest absolute Gasteiger partial charge is 0.410 e. The van der Waals surface area contributed by atoms with Crippen LogP contribution in [-0.2, 0) is 25.7 Å². The highest BCUT2D eigenvalue weighted by molar-refractivity contribution is 5.73. The van der Waals surface area contributed by atoms with Gasteiger partial charge in [0.15, 0.2) is 0 Å². The maximum absolute atomic E-state index is 14.8. The summed E-state index contributed by atoms with van der Waals surface area (Å²) in [6, 6.07) is 13.1. The van der Waals surface area contributed by atoms with E-state index in [0.29, 0.717) is 6.42 Å². The molecule has 6 heteroatoms. The van der Waals surface area contributed by atoms with Gasteiger partial charge in [-0.25, -0.2) is 9.59 Å². The van der Waals surface area contributed by atoms with Gasteiger partial charge >= 0.3 is 12.2 Å². The molecule has 0 aromatic heterocycles. The van der Waals surface area contributed by atoms with Gasteiger partial charge in [0.2, 0.25) is 0 Å². The molecule has 2 N–H and O–H groups in total. The number of aryl methyl sites for hydroxylation is 2. The predicted molar refractivity (Wildman–Crippen MR) is 460 cm³/mol. The third kappa shape index (κ3) is 49.8. The molecule has 6 nitrogen and oxygen atoms in total. The van der Waals surface area contributed by atoms with E-state index in [9.17, 15) is 9.59 Å². The fraction of sp³-hybridized carbons (Fsp3) is 0.859. The summed E-state index contributed by atoms with van der Waals surface area (Å²) in [4.78, 5) is 29.6. The molecule has 0 bridgehead atoms. The van der Waals surface area contributed by atoms with Gasteiger partial charge in [-0.1, -0.05) is 476 Å². The van der Waals surface area contributed by atoms with Crippen molar-refractivity contribution in [1.82, 2.24) is 10.6 Å². The van der Waals surface area contributed by atoms with E-state index in [1.54, 1.807) is 0 Å². The molecule has 2 aromatic rings. The van der Waals surface area contributed by atoms with Crippen LogP contribution in [0.4, 0.5) is 9.59 Å². The minimum absolute atomic E-state index is 0.321. The minimum atomic E-state index is -0.468. The summed E-state index contributed by atoms with van der Waals surface area (Å²) in [6.45, 7) is 9.24. The van der Waals surface area contributed by atoms with Gasteiger partial charge in [0.1, 0.15) is 11.5 Å². The van der Waals surface area contributed by atoms with Gasteiger partial charge < -0.3 is 20.1 Å². The van der Waals surface area contributed by atoms with Crippen molar-refractivity contribution in [2.45, 2.75) is 546 Å². The van der Waals surface area contributed by atoms with Crippen LogP contribution in [0, 0.1) is 0 Å². The Morgan fingerprint density at radius 1 is 0.257 bits per heavy atom. The van der Waals surface area contributed by atoms with Crippen molar-refractivity contribution >= 4 is 12.2 Å². The fourth-order valence-electron chi connectivity index (χ4n) is 18.4. The van der Waals surface area contributed by atoms with Crippen molar-refractivity contribution in [3.8, 4) is 11.5 Å². The summed E-state index contributed by atoms with van der Waals surface area (Å²) < 4.78 is 13.3. The van der Waals surface area contributed by atoms with Gasteiger partial charge in [0.05, 0.1) is 0 Å². The Morgan fingerprint density at radius 2 is 0.448 bits per heavy atom. The van der Waals surface area contributed by atoms with Crippen molar-refractivity contribution in [3.63, 3.8) is 0 Å². The van der Waals surface area contributed by atoms with Gasteiger partial charge in [-0.3, -0.25) is 0 Å². The number of amides is 2. The van der Waals surface area contributed by atoms with Crippen LogP contribution in [0.2, 0.25) is 0 Å². The van der Waals surface area contributed by atoms with Crippen LogP contribution in [0.3, 0.4) is 0 Å². The molecule has 608 valence electrons. The largest absolute Gasteiger partial charge is 0.413 e. The standard InChI is InChI=1S/C99H178N2O4/c1-5-9-13-17-21-25-29-33-37-41-45-49-53-57-61-67-77-90-79-75-83-94(92(90)81-69-63-59-55-51-47-43-39-35-31-27-23-19-15-11-7-3)104-96(102)100-98(85-71-65-72-86-98)89-99(87-73-66-74-88-99)101-97(103)105-95-84-76-80-91(78-68-62-58-54-50-46-42-38-34-30-26-22-18-14-10-6-2)93(95)82-70-64-60-56-52-48-44-40-36-32-28-24-20-16-12-8-4/h75-76,79-80,83-84H,5-74,77-78,81-82,85-89H2,1-4H3,(H,100,102)(H,101,103). The quantitative estimate of drug-likeness (QED) is 0.0647. The number of hydrogen-bond acceptors (Lipinski definition) is 4. The van der Waals surface area contributed by atoms with E-state index >= 15 is 0 Å². The van der Waals surface area contributed by atoms with E-state index in [0.717, 1.165) is 101 Å². The Morgan fingerprint density at radius 3 is 0.657 bits per heavy atom. The molecule has 0 unspecified atom stereocenters. The lowest BCUT2D eigenvalue weighted by atomic mass is 9.68. The van der Waals surface area contributed by atoms with Crippen molar-refractivity contribution in [1.29, 1.82) is 0 Å². The Hall–Kier alpha value is -3.02. The average molecular weight is 1460 g/mol. The molecular weight excluding hydrogens is 1280 g/mol. The van der Waals surface area contributed by atoms with Crippen molar-refractivity contribution in [2.24, 2.45) is 0 Å². The zero-order chi connectivity index (χ0) is 74.6. The van der Waals surface area contributed by atoms with Crippen LogP contribution in [-0.4, -0.2) is 23.3 Å². The molecule has 2 saturated carbocycles. The predicted octanol–water partition coefficient (Wildman–Crippen LogP) is 33.6. The highest BCUT2D eigenvalue weighted by Gasteiger charge is 2.45. The van der Waals surface area contributed by atoms with Crippen LogP contribution in [0.1, 0.15) is 532 Å². The number of ether oxygens (including phenoxy) is 2. The lowest BCUT2D eigenvalue weighted by Crippen LogP contribution is -2.60. The third-order valence-corrected chi connectivity index (χ3v) is 25.1. The van der Waals surface area contributed by atoms with Gasteiger partial charge in [0, 0.05) is 11.1 Å². The maximum Gasteiger partial charge on any atom is 0.413 e. The summed E-state index contributed by atoms with van der Waals surface area (Å²) in [7, 11) is 0. The van der Waals surface area contributed by atoms with E-state index in [1.807, 2.05) is 0 Å². The van der Waals surface area contributed by atoms with Gasteiger partial charge in [0.25, 0.3) is 0 Å². The number of unbranched alkanes of at least 4 members (excludes halogenated alkanes) is 60. The van der Waals surface area contributed by atoms with Gasteiger partial charge in [-0.2, -0.15) is 0 Å². The topological polar surface area (TPSA) is 76.7 Å². The fourth-order valence-corrected chi connectivity index (χ4v) is 18.4. The zero-order valence-corrected chi connectivity index (χ0v) is 71.0. The monoisotopic (exact) mass is 1460 g/mol. The first-order chi connectivity index (χ1) is 51.9. The zero-order valence-electron chi connectivity index (χ0n) is 71.0. The molecule has 0 aliphatic heterocycles. The van der Waals surface area contributed by atoms with E-state index in [1.165, 1.54) is 433 Å². The van der Waals surface area contributed by atoms with Gasteiger partial charge in [-0.05, 0) is 118 Å². The van der Waals surface area contributed by atoms with Crippen molar-refractivity contribution < 1.29 is 19.1 Å². The molecule has 2 aliphatic rings. The summed E-state index contributed by atoms with van der Waals surface area (Å²) in [5, 5.41) is 7.26. The van der Waals surface area contributed by atoms with E-state index in [4.69, 9.17) is 9.47 Å². The minimum Gasteiger partial charge on any atom is -0.410 e. The number of carbonyl (C=O) groups excluding carboxylic acids is 2. The van der Waals surface area contributed by atoms with Crippen LogP contribution in [0.5, 0.6) is 11.5 Å². The molecular formula is C99H178N2O4. The highest BCUT2D eigenvalue weighted by atomic mass is 16.6. The Kier molecular flexibility index (Phi) is 61.0. The average Bonchev–Trinajstić information content (AvgIpc) is 0.786. The molecule has 0 saturated heterocycles. The summed E-state index contributed by atoms with van der Waals surface area (Å²) in [5.41, 5.74) is 4.33. The molecule has 0 heterocycles. The first kappa shape index (κ1) is 94.4. The van der Waals surface area contributed by atoms with Gasteiger partial charge in [-0.15, -0.1) is 0 Å². The summed E-state index contributed by atoms with van der Waals surface area (Å²) in [6.07, 6.45) is 102. The second-order valence-electron chi connectivity index (χ2n) is 34.9. The molecule has 105 heavy (non-hydrogen) atoms. The Labute approximate surface area is 654 Å². The number of hydrogen-bond donors (Lipinski definition) is 2. The van der Waals surface area contributed by atoms with E-state index in [-0.39, 0.29) is 12.2 Å². The second-order valence-corrected chi connectivity index (χ2v) is 34.9. The normalized spacial score (nSPS) is 14.3. The lowest BCUT2D eigenvalue weighted by molar-refractivity contribution is 0.107. The lowest BCUT2D eigenvalue weighted by Gasteiger charge is -2.47. The van der Waals surface area contributed by atoms with Crippen molar-refractivity contribution in [2.75, 3.05) is 0 Å². The Balaban J connectivity index is 1.37. The van der Waals surface area contributed by atoms with E-state index < -0.39 is 11.1 Å². The maximum atomic E-state index is 14.8.